The van der Waals surface area contributed by atoms with Crippen molar-refractivity contribution in [2.75, 3.05) is 20.2 Å². The lowest BCUT2D eigenvalue weighted by Gasteiger charge is -2.17. The second-order valence-corrected chi connectivity index (χ2v) is 7.22. The molecule has 1 heterocycles. The van der Waals surface area contributed by atoms with Crippen molar-refractivity contribution in [1.29, 1.82) is 0 Å². The number of carbonyl (C=O) groups is 2. The number of non-ortho nitro benzene ring substituents is 1. The molecule has 32 heavy (non-hydrogen) atoms. The Morgan fingerprint density at radius 2 is 1.84 bits per heavy atom. The molecule has 0 bridgehead atoms. The zero-order valence-electron chi connectivity index (χ0n) is 17.9. The van der Waals surface area contributed by atoms with E-state index >= 15 is 0 Å². The highest BCUT2D eigenvalue weighted by Crippen LogP contribution is 2.20. The van der Waals surface area contributed by atoms with Crippen LogP contribution >= 0.6 is 0 Å². The Bertz CT molecular complexity index is 1110. The molecule has 1 aromatic heterocycles. The molecule has 0 saturated carbocycles. The van der Waals surface area contributed by atoms with Gasteiger partial charge in [-0.25, -0.2) is 4.79 Å². The number of hydrogen-bond donors (Lipinski definition) is 1. The van der Waals surface area contributed by atoms with Gasteiger partial charge in [-0.05, 0) is 31.9 Å². The molecule has 0 saturated heterocycles. The average molecular weight is 436 g/mol. The van der Waals surface area contributed by atoms with Crippen molar-refractivity contribution in [2.24, 2.45) is 0 Å². The van der Waals surface area contributed by atoms with Crippen molar-refractivity contribution in [3.8, 4) is 11.3 Å². The van der Waals surface area contributed by atoms with Crippen LogP contribution in [0.15, 0.2) is 54.6 Å². The number of ether oxygens (including phenoxy) is 1. The van der Waals surface area contributed by atoms with Gasteiger partial charge in [0.15, 0.2) is 0 Å². The molecule has 0 unspecified atom stereocenters. The summed E-state index contributed by atoms with van der Waals surface area (Å²) < 4.78 is 4.91. The topological polar surface area (TPSA) is 118 Å². The number of H-pyrrole nitrogens is 1. The second kappa shape index (κ2) is 10.3. The molecule has 0 spiro atoms. The largest absolute Gasteiger partial charge is 0.462 e. The van der Waals surface area contributed by atoms with E-state index in [1.807, 2.05) is 36.4 Å². The number of esters is 1. The van der Waals surface area contributed by atoms with Crippen LogP contribution in [0.3, 0.4) is 0 Å². The zero-order valence-corrected chi connectivity index (χ0v) is 17.9. The maximum Gasteiger partial charge on any atom is 0.338 e. The van der Waals surface area contributed by atoms with E-state index in [4.69, 9.17) is 4.74 Å². The zero-order chi connectivity index (χ0) is 23.1. The fourth-order valence-corrected chi connectivity index (χ4v) is 3.25. The summed E-state index contributed by atoms with van der Waals surface area (Å²) in [6.45, 7) is 2.19. The molecule has 0 aliphatic carbocycles. The fraction of sp³-hybridized carbons (Fsp3) is 0.261. The molecular formula is C23H24N4O5. The van der Waals surface area contributed by atoms with Crippen LogP contribution in [0.2, 0.25) is 0 Å². The van der Waals surface area contributed by atoms with E-state index < -0.39 is 16.8 Å². The Morgan fingerprint density at radius 3 is 2.53 bits per heavy atom. The minimum Gasteiger partial charge on any atom is -0.462 e. The number of hydrogen-bond acceptors (Lipinski definition) is 6. The molecule has 0 fully saturated rings. The summed E-state index contributed by atoms with van der Waals surface area (Å²) in [6.07, 6.45) is 1.35. The Hall–Kier alpha value is -4.01. The highest BCUT2D eigenvalue weighted by atomic mass is 16.6. The predicted octanol–water partition coefficient (Wildman–Crippen LogP) is 3.87. The molecule has 1 N–H and O–H groups in total. The third-order valence-corrected chi connectivity index (χ3v) is 4.87. The van der Waals surface area contributed by atoms with Crippen molar-refractivity contribution < 1.29 is 19.2 Å². The first kappa shape index (κ1) is 22.7. The van der Waals surface area contributed by atoms with Crippen LogP contribution < -0.4 is 0 Å². The van der Waals surface area contributed by atoms with E-state index in [0.717, 1.165) is 23.0 Å². The number of nitro benzene ring substituents is 1. The predicted molar refractivity (Wildman–Crippen MR) is 118 cm³/mol. The van der Waals surface area contributed by atoms with Gasteiger partial charge in [-0.15, -0.1) is 0 Å². The minimum absolute atomic E-state index is 0.0244. The first-order valence-electron chi connectivity index (χ1n) is 10.2. The van der Waals surface area contributed by atoms with Crippen molar-refractivity contribution in [3.05, 3.63) is 81.5 Å². The maximum atomic E-state index is 12.8. The summed E-state index contributed by atoms with van der Waals surface area (Å²) in [4.78, 5) is 36.9. The van der Waals surface area contributed by atoms with E-state index in [1.54, 1.807) is 14.0 Å². The highest BCUT2D eigenvalue weighted by molar-refractivity contribution is 5.98. The highest BCUT2D eigenvalue weighted by Gasteiger charge is 2.20. The molecule has 0 aliphatic heterocycles. The SMILES string of the molecule is CCOC(=O)c1cc(C(=O)N(C)CCCc2cc(-c3ccccc3)n[nH]2)cc([N+](=O)[O-])c1. The van der Waals surface area contributed by atoms with Crippen LogP contribution in [0.5, 0.6) is 0 Å². The number of benzene rings is 2. The first-order chi connectivity index (χ1) is 15.4. The lowest BCUT2D eigenvalue weighted by atomic mass is 10.1. The molecule has 0 radical (unpaired) electrons. The molecule has 1 amide bonds. The lowest BCUT2D eigenvalue weighted by molar-refractivity contribution is -0.384. The number of amides is 1. The van der Waals surface area contributed by atoms with E-state index in [-0.39, 0.29) is 23.4 Å². The summed E-state index contributed by atoms with van der Waals surface area (Å²) >= 11 is 0. The summed E-state index contributed by atoms with van der Waals surface area (Å²) in [7, 11) is 1.62. The molecule has 3 rings (SSSR count). The molecule has 9 nitrogen and oxygen atoms in total. The smallest absolute Gasteiger partial charge is 0.338 e. The van der Waals surface area contributed by atoms with E-state index in [0.29, 0.717) is 19.4 Å². The normalized spacial score (nSPS) is 10.6. The van der Waals surface area contributed by atoms with Gasteiger partial charge < -0.3 is 9.64 Å². The Kier molecular flexibility index (Phi) is 7.33. The first-order valence-corrected chi connectivity index (χ1v) is 10.2. The van der Waals surface area contributed by atoms with Gasteiger partial charge in [-0.1, -0.05) is 30.3 Å². The average Bonchev–Trinajstić information content (AvgIpc) is 3.28. The number of aromatic nitrogens is 2. The van der Waals surface area contributed by atoms with Gasteiger partial charge in [-0.3, -0.25) is 20.0 Å². The van der Waals surface area contributed by atoms with Crippen LogP contribution in [-0.4, -0.2) is 52.1 Å². The van der Waals surface area contributed by atoms with Gasteiger partial charge in [0.1, 0.15) is 0 Å². The lowest BCUT2D eigenvalue weighted by Crippen LogP contribution is -2.28. The number of rotatable bonds is 9. The summed E-state index contributed by atoms with van der Waals surface area (Å²) in [5, 5.41) is 18.6. The monoisotopic (exact) mass is 436 g/mol. The Labute approximate surface area is 185 Å². The maximum absolute atomic E-state index is 12.8. The third-order valence-electron chi connectivity index (χ3n) is 4.87. The number of nitrogens with zero attached hydrogens (tertiary/aromatic N) is 3. The van der Waals surface area contributed by atoms with Crippen LogP contribution in [0.25, 0.3) is 11.3 Å². The van der Waals surface area contributed by atoms with Crippen molar-refractivity contribution in [2.45, 2.75) is 19.8 Å². The molecule has 0 aliphatic rings. The van der Waals surface area contributed by atoms with Gasteiger partial charge in [0.05, 0.1) is 22.8 Å². The number of aryl methyl sites for hydroxylation is 1. The van der Waals surface area contributed by atoms with E-state index in [9.17, 15) is 19.7 Å². The van der Waals surface area contributed by atoms with Crippen LogP contribution in [-0.2, 0) is 11.2 Å². The quantitative estimate of drug-likeness (QED) is 0.309. The Morgan fingerprint density at radius 1 is 1.12 bits per heavy atom. The molecule has 9 heteroatoms. The Balaban J connectivity index is 1.64. The molecule has 2 aromatic carbocycles. The van der Waals surface area contributed by atoms with Crippen LogP contribution in [0.1, 0.15) is 39.8 Å². The second-order valence-electron chi connectivity index (χ2n) is 7.22. The van der Waals surface area contributed by atoms with Gasteiger partial charge in [0, 0.05) is 42.5 Å². The van der Waals surface area contributed by atoms with Crippen LogP contribution in [0, 0.1) is 10.1 Å². The summed E-state index contributed by atoms with van der Waals surface area (Å²) in [5.74, 6) is -1.12. The van der Waals surface area contributed by atoms with Gasteiger partial charge in [-0.2, -0.15) is 5.10 Å². The minimum atomic E-state index is -0.707. The van der Waals surface area contributed by atoms with Crippen molar-refractivity contribution in [1.82, 2.24) is 15.1 Å². The third kappa shape index (κ3) is 5.57. The number of nitro groups is 1. The van der Waals surface area contributed by atoms with E-state index in [2.05, 4.69) is 10.2 Å². The van der Waals surface area contributed by atoms with Gasteiger partial charge in [0.25, 0.3) is 11.6 Å². The molecular weight excluding hydrogens is 412 g/mol. The number of nitrogens with one attached hydrogen (secondary N) is 1. The summed E-state index contributed by atoms with van der Waals surface area (Å²) in [5.41, 5.74) is 2.53. The van der Waals surface area contributed by atoms with Crippen molar-refractivity contribution >= 4 is 17.6 Å². The summed E-state index contributed by atoms with van der Waals surface area (Å²) in [6, 6.07) is 15.4. The number of carbonyl (C=O) groups excluding carboxylic acids is 2. The number of aromatic amines is 1. The van der Waals surface area contributed by atoms with Gasteiger partial charge in [0.2, 0.25) is 0 Å². The van der Waals surface area contributed by atoms with E-state index in [1.165, 1.54) is 17.0 Å². The van der Waals surface area contributed by atoms with Crippen LogP contribution in [0.4, 0.5) is 5.69 Å². The molecule has 3 aromatic rings. The molecule has 166 valence electrons. The molecule has 0 atom stereocenters. The van der Waals surface area contributed by atoms with Crippen molar-refractivity contribution in [3.63, 3.8) is 0 Å². The fourth-order valence-electron chi connectivity index (χ4n) is 3.25. The van der Waals surface area contributed by atoms with Gasteiger partial charge >= 0.3 is 5.97 Å². The standard InChI is InChI=1S/C23H24N4O5/c1-3-32-23(29)18-12-17(13-20(14-18)27(30)31)22(28)26(2)11-7-10-19-15-21(25-24-19)16-8-5-4-6-9-16/h4-6,8-9,12-15H,3,7,10-11H2,1-2H3,(H,24,25).